The van der Waals surface area contributed by atoms with Crippen molar-refractivity contribution in [3.63, 3.8) is 0 Å². The summed E-state index contributed by atoms with van der Waals surface area (Å²) in [6, 6.07) is 3.04. The maximum absolute atomic E-state index is 11.8. The van der Waals surface area contributed by atoms with Crippen molar-refractivity contribution in [1.82, 2.24) is 5.32 Å². The highest BCUT2D eigenvalue weighted by Gasteiger charge is 2.40. The molecular formula is C14H17NO5. The fourth-order valence-corrected chi connectivity index (χ4v) is 2.10. The number of carbonyl (C=O) groups is 2. The Balaban J connectivity index is 2.03. The van der Waals surface area contributed by atoms with E-state index in [0.29, 0.717) is 11.5 Å². The van der Waals surface area contributed by atoms with Gasteiger partial charge in [0.15, 0.2) is 11.5 Å². The van der Waals surface area contributed by atoms with Crippen molar-refractivity contribution < 1.29 is 24.9 Å². The van der Waals surface area contributed by atoms with Gasteiger partial charge in [0.25, 0.3) is 0 Å². The number of benzene rings is 1. The van der Waals surface area contributed by atoms with E-state index in [1.807, 2.05) is 6.92 Å². The molecule has 0 aliphatic heterocycles. The SMILES string of the molecule is CC1CC1C(=O)N[C@@H](Cc1ccc(O)c(O)c1)C(=O)O. The summed E-state index contributed by atoms with van der Waals surface area (Å²) < 4.78 is 0. The number of carbonyl (C=O) groups excluding carboxylic acids is 1. The number of amides is 1. The minimum absolute atomic E-state index is 0.0516. The van der Waals surface area contributed by atoms with Crippen LogP contribution in [-0.4, -0.2) is 33.2 Å². The van der Waals surface area contributed by atoms with Crippen LogP contribution in [0.2, 0.25) is 0 Å². The smallest absolute Gasteiger partial charge is 0.326 e. The fraction of sp³-hybridized carbons (Fsp3) is 0.429. The largest absolute Gasteiger partial charge is 0.504 e. The van der Waals surface area contributed by atoms with Gasteiger partial charge in [-0.2, -0.15) is 0 Å². The summed E-state index contributed by atoms with van der Waals surface area (Å²) >= 11 is 0. The molecule has 6 nitrogen and oxygen atoms in total. The van der Waals surface area contributed by atoms with Crippen LogP contribution < -0.4 is 5.32 Å². The van der Waals surface area contributed by atoms with Crippen molar-refractivity contribution in [2.75, 3.05) is 0 Å². The first-order valence-electron chi connectivity index (χ1n) is 6.42. The average molecular weight is 279 g/mol. The van der Waals surface area contributed by atoms with E-state index in [4.69, 9.17) is 5.11 Å². The lowest BCUT2D eigenvalue weighted by Gasteiger charge is -2.15. The Bertz CT molecular complexity index is 542. The molecule has 20 heavy (non-hydrogen) atoms. The lowest BCUT2D eigenvalue weighted by Crippen LogP contribution is -2.43. The number of carboxylic acids is 1. The van der Waals surface area contributed by atoms with E-state index in [0.717, 1.165) is 6.42 Å². The minimum atomic E-state index is -1.13. The number of rotatable bonds is 5. The predicted molar refractivity (Wildman–Crippen MR) is 70.3 cm³/mol. The molecule has 0 radical (unpaired) electrons. The molecule has 1 aliphatic rings. The first kappa shape index (κ1) is 14.2. The highest BCUT2D eigenvalue weighted by molar-refractivity contribution is 5.86. The van der Waals surface area contributed by atoms with Crippen LogP contribution in [0.1, 0.15) is 18.9 Å². The molecule has 108 valence electrons. The van der Waals surface area contributed by atoms with Crippen LogP contribution in [0.15, 0.2) is 18.2 Å². The molecule has 1 saturated carbocycles. The molecule has 0 heterocycles. The molecule has 6 heteroatoms. The summed E-state index contributed by atoms with van der Waals surface area (Å²) in [5.41, 5.74) is 0.525. The minimum Gasteiger partial charge on any atom is -0.504 e. The molecule has 0 spiro atoms. The van der Waals surface area contributed by atoms with Gasteiger partial charge in [-0.3, -0.25) is 4.79 Å². The lowest BCUT2D eigenvalue weighted by atomic mass is 10.0. The van der Waals surface area contributed by atoms with E-state index in [2.05, 4.69) is 5.32 Å². The molecule has 0 saturated heterocycles. The zero-order chi connectivity index (χ0) is 14.9. The van der Waals surface area contributed by atoms with Gasteiger partial charge >= 0.3 is 5.97 Å². The predicted octanol–water partition coefficient (Wildman–Crippen LogP) is 0.866. The molecule has 2 unspecified atom stereocenters. The monoisotopic (exact) mass is 279 g/mol. The summed E-state index contributed by atoms with van der Waals surface area (Å²) in [4.78, 5) is 23.0. The molecule has 1 fully saturated rings. The highest BCUT2D eigenvalue weighted by Crippen LogP contribution is 2.37. The van der Waals surface area contributed by atoms with Crippen molar-refractivity contribution in [3.05, 3.63) is 23.8 Å². The Morgan fingerprint density at radius 1 is 1.35 bits per heavy atom. The van der Waals surface area contributed by atoms with Crippen molar-refractivity contribution in [3.8, 4) is 11.5 Å². The standard InChI is InChI=1S/C14H17NO5/c1-7-4-9(7)13(18)15-10(14(19)20)5-8-2-3-11(16)12(17)6-8/h2-3,6-7,9-10,16-17H,4-5H2,1H3,(H,15,18)(H,19,20)/t7?,9?,10-/m0/s1. The topological polar surface area (TPSA) is 107 Å². The summed E-state index contributed by atoms with van der Waals surface area (Å²) in [6.45, 7) is 1.94. The average Bonchev–Trinajstić information content (AvgIpc) is 3.10. The van der Waals surface area contributed by atoms with Crippen LogP contribution in [0, 0.1) is 11.8 Å². The molecule has 3 atom stereocenters. The van der Waals surface area contributed by atoms with Gasteiger partial charge in [-0.15, -0.1) is 0 Å². The number of nitrogens with one attached hydrogen (secondary N) is 1. The van der Waals surface area contributed by atoms with Crippen molar-refractivity contribution in [2.45, 2.75) is 25.8 Å². The van der Waals surface area contributed by atoms with Crippen LogP contribution in [0.5, 0.6) is 11.5 Å². The van der Waals surface area contributed by atoms with Crippen LogP contribution in [0.4, 0.5) is 0 Å². The Hall–Kier alpha value is -2.24. The van der Waals surface area contributed by atoms with E-state index in [1.165, 1.54) is 18.2 Å². The van der Waals surface area contributed by atoms with E-state index >= 15 is 0 Å². The Morgan fingerprint density at radius 3 is 2.50 bits per heavy atom. The molecule has 1 amide bonds. The van der Waals surface area contributed by atoms with Crippen LogP contribution in [-0.2, 0) is 16.0 Å². The van der Waals surface area contributed by atoms with E-state index < -0.39 is 12.0 Å². The second kappa shape index (κ2) is 5.40. The van der Waals surface area contributed by atoms with Gasteiger partial charge in [0.2, 0.25) is 5.91 Å². The zero-order valence-electron chi connectivity index (χ0n) is 11.0. The maximum Gasteiger partial charge on any atom is 0.326 e. The number of phenols is 2. The number of phenolic OH excluding ortho intramolecular Hbond substituents is 2. The number of hydrogen-bond acceptors (Lipinski definition) is 4. The molecule has 4 N–H and O–H groups in total. The van der Waals surface area contributed by atoms with Crippen LogP contribution >= 0.6 is 0 Å². The highest BCUT2D eigenvalue weighted by atomic mass is 16.4. The third-order valence-corrected chi connectivity index (χ3v) is 3.54. The van der Waals surface area contributed by atoms with Gasteiger partial charge in [-0.05, 0) is 30.0 Å². The van der Waals surface area contributed by atoms with Crippen molar-refractivity contribution in [1.29, 1.82) is 0 Å². The summed E-state index contributed by atoms with van der Waals surface area (Å²) in [5, 5.41) is 30.2. The first-order valence-corrected chi connectivity index (χ1v) is 6.42. The van der Waals surface area contributed by atoms with E-state index in [9.17, 15) is 19.8 Å². The summed E-state index contributed by atoms with van der Waals surface area (Å²) in [5.74, 6) is -1.73. The van der Waals surface area contributed by atoms with E-state index in [-0.39, 0.29) is 29.7 Å². The van der Waals surface area contributed by atoms with Gasteiger partial charge < -0.3 is 20.6 Å². The number of carboxylic acid groups (broad SMARTS) is 1. The molecule has 1 aromatic carbocycles. The van der Waals surface area contributed by atoms with Gasteiger partial charge in [0.1, 0.15) is 6.04 Å². The Labute approximate surface area is 116 Å². The molecular weight excluding hydrogens is 262 g/mol. The number of hydrogen-bond donors (Lipinski definition) is 4. The first-order chi connectivity index (χ1) is 9.38. The third-order valence-electron chi connectivity index (χ3n) is 3.54. The van der Waals surface area contributed by atoms with Gasteiger partial charge in [-0.25, -0.2) is 4.79 Å². The second-order valence-corrected chi connectivity index (χ2v) is 5.25. The zero-order valence-corrected chi connectivity index (χ0v) is 11.0. The molecule has 0 aromatic heterocycles. The van der Waals surface area contributed by atoms with Gasteiger partial charge in [0.05, 0.1) is 0 Å². The number of aliphatic carboxylic acids is 1. The maximum atomic E-state index is 11.8. The molecule has 0 bridgehead atoms. The van der Waals surface area contributed by atoms with Gasteiger partial charge in [-0.1, -0.05) is 13.0 Å². The summed E-state index contributed by atoms with van der Waals surface area (Å²) in [7, 11) is 0. The van der Waals surface area contributed by atoms with Crippen molar-refractivity contribution in [2.24, 2.45) is 11.8 Å². The van der Waals surface area contributed by atoms with Gasteiger partial charge in [0, 0.05) is 12.3 Å². The Kier molecular flexibility index (Phi) is 3.83. The number of aromatic hydroxyl groups is 2. The quantitative estimate of drug-likeness (QED) is 0.598. The fourth-order valence-electron chi connectivity index (χ4n) is 2.10. The lowest BCUT2D eigenvalue weighted by molar-refractivity contribution is -0.142. The van der Waals surface area contributed by atoms with Crippen molar-refractivity contribution >= 4 is 11.9 Å². The second-order valence-electron chi connectivity index (χ2n) is 5.25. The molecule has 1 aromatic rings. The Morgan fingerprint density at radius 2 is 2.00 bits per heavy atom. The van der Waals surface area contributed by atoms with E-state index in [1.54, 1.807) is 0 Å². The van der Waals surface area contributed by atoms with Crippen LogP contribution in [0.3, 0.4) is 0 Å². The summed E-state index contributed by atoms with van der Waals surface area (Å²) in [6.07, 6.45) is 0.841. The molecule has 1 aliphatic carbocycles. The van der Waals surface area contributed by atoms with Crippen LogP contribution in [0.25, 0.3) is 0 Å². The normalized spacial score (nSPS) is 22.1. The molecule has 2 rings (SSSR count). The third kappa shape index (κ3) is 3.20.